The summed E-state index contributed by atoms with van der Waals surface area (Å²) in [6.45, 7) is 2.87. The number of ether oxygens (including phenoxy) is 1. The number of nitrogens with one attached hydrogen (secondary N) is 1. The molecule has 0 unspecified atom stereocenters. The maximum absolute atomic E-state index is 15.2. The van der Waals surface area contributed by atoms with Crippen LogP contribution in [0, 0.1) is 5.82 Å². The first-order valence-corrected chi connectivity index (χ1v) is 12.5. The Hall–Kier alpha value is -2.26. The molecule has 2 aliphatic heterocycles. The molecule has 1 N–H and O–H groups in total. The van der Waals surface area contributed by atoms with Crippen molar-refractivity contribution in [2.45, 2.75) is 4.90 Å². The highest BCUT2D eigenvalue weighted by Crippen LogP contribution is 2.37. The molecule has 3 aromatic rings. The lowest BCUT2D eigenvalue weighted by Crippen LogP contribution is -2.36. The molecule has 8 heteroatoms. The van der Waals surface area contributed by atoms with Crippen molar-refractivity contribution in [2.24, 2.45) is 0 Å². The lowest BCUT2D eigenvalue weighted by molar-refractivity contribution is 0.321. The Morgan fingerprint density at radius 3 is 2.74 bits per heavy atom. The number of hydrogen-bond donors (Lipinski definition) is 1. The Balaban J connectivity index is 1.42. The van der Waals surface area contributed by atoms with E-state index in [0.717, 1.165) is 35.7 Å². The minimum Gasteiger partial charge on any atom is -0.616 e. The summed E-state index contributed by atoms with van der Waals surface area (Å²) in [7, 11) is 0. The van der Waals surface area contributed by atoms with Crippen molar-refractivity contribution in [1.29, 1.82) is 0 Å². The van der Waals surface area contributed by atoms with Gasteiger partial charge in [0.2, 0.25) is 0 Å². The van der Waals surface area contributed by atoms with Gasteiger partial charge in [-0.1, -0.05) is 41.5 Å². The minimum absolute atomic E-state index is 0.295. The quantitative estimate of drug-likeness (QED) is 0.464. The van der Waals surface area contributed by atoms with Crippen LogP contribution in [0.5, 0.6) is 5.75 Å². The molecule has 31 heavy (non-hydrogen) atoms. The van der Waals surface area contributed by atoms with Crippen molar-refractivity contribution in [3.05, 3.63) is 60.5 Å². The van der Waals surface area contributed by atoms with E-state index in [1.165, 1.54) is 0 Å². The van der Waals surface area contributed by atoms with E-state index in [-0.39, 0.29) is 5.82 Å². The molecular weight excluding hydrogens is 433 g/mol. The first kappa shape index (κ1) is 20.6. The SMILES string of the molecule is [O-][S+]1CCN(Sc2ccccc2-c2ccc(-c3cnc4c(c3)OCCN4)c(F)c2)CC1. The van der Waals surface area contributed by atoms with E-state index in [4.69, 9.17) is 4.74 Å². The zero-order valence-corrected chi connectivity index (χ0v) is 18.5. The average Bonchev–Trinajstić information content (AvgIpc) is 2.80. The maximum Gasteiger partial charge on any atom is 0.168 e. The highest BCUT2D eigenvalue weighted by atomic mass is 32.2. The molecule has 0 saturated carbocycles. The van der Waals surface area contributed by atoms with Crippen LogP contribution >= 0.6 is 11.9 Å². The summed E-state index contributed by atoms with van der Waals surface area (Å²) in [4.78, 5) is 5.44. The first-order chi connectivity index (χ1) is 15.2. The van der Waals surface area contributed by atoms with E-state index in [0.29, 0.717) is 40.8 Å². The summed E-state index contributed by atoms with van der Waals surface area (Å²) >= 11 is 0.945. The summed E-state index contributed by atoms with van der Waals surface area (Å²) in [6.07, 6.45) is 1.67. The third kappa shape index (κ3) is 4.52. The fourth-order valence-corrected chi connectivity index (χ4v) is 6.07. The lowest BCUT2D eigenvalue weighted by atomic mass is 10.0. The monoisotopic (exact) mass is 455 g/mol. The second-order valence-electron chi connectivity index (χ2n) is 7.41. The van der Waals surface area contributed by atoms with Gasteiger partial charge >= 0.3 is 0 Å². The molecule has 2 aromatic carbocycles. The van der Waals surface area contributed by atoms with E-state index in [2.05, 4.69) is 20.7 Å². The number of benzene rings is 2. The average molecular weight is 456 g/mol. The van der Waals surface area contributed by atoms with Crippen LogP contribution < -0.4 is 10.1 Å². The summed E-state index contributed by atoms with van der Waals surface area (Å²) in [6, 6.07) is 15.2. The van der Waals surface area contributed by atoms with Gasteiger partial charge in [-0.05, 0) is 41.3 Å². The van der Waals surface area contributed by atoms with Gasteiger partial charge in [0.05, 0.1) is 19.6 Å². The predicted octanol–water partition coefficient (Wildman–Crippen LogP) is 4.43. The second kappa shape index (κ2) is 9.08. The Morgan fingerprint density at radius 2 is 1.90 bits per heavy atom. The Labute approximate surface area is 188 Å². The third-order valence-corrected chi connectivity index (χ3v) is 7.80. The van der Waals surface area contributed by atoms with Crippen LogP contribution in [0.4, 0.5) is 10.2 Å². The van der Waals surface area contributed by atoms with Gasteiger partial charge in [0, 0.05) is 22.2 Å². The molecule has 5 nitrogen and oxygen atoms in total. The molecular formula is C23H22FN3O2S2. The van der Waals surface area contributed by atoms with E-state index >= 15 is 4.39 Å². The number of halogens is 1. The van der Waals surface area contributed by atoms with E-state index in [1.54, 1.807) is 30.3 Å². The van der Waals surface area contributed by atoms with Crippen LogP contribution in [0.3, 0.4) is 0 Å². The molecule has 0 radical (unpaired) electrons. The van der Waals surface area contributed by atoms with Gasteiger partial charge in [0.25, 0.3) is 0 Å². The topological polar surface area (TPSA) is 60.5 Å². The molecule has 0 atom stereocenters. The number of fused-ring (bicyclic) bond motifs is 1. The van der Waals surface area contributed by atoms with E-state index < -0.39 is 11.2 Å². The minimum atomic E-state index is -0.708. The van der Waals surface area contributed by atoms with Gasteiger partial charge in [0.1, 0.15) is 23.9 Å². The lowest BCUT2D eigenvalue weighted by Gasteiger charge is -2.27. The fraction of sp³-hybridized carbons (Fsp3) is 0.261. The molecule has 2 aliphatic rings. The molecule has 3 heterocycles. The van der Waals surface area contributed by atoms with Gasteiger partial charge < -0.3 is 14.6 Å². The summed E-state index contributed by atoms with van der Waals surface area (Å²) in [5.41, 5.74) is 3.00. The van der Waals surface area contributed by atoms with Gasteiger partial charge in [0.15, 0.2) is 11.6 Å². The van der Waals surface area contributed by atoms with Gasteiger partial charge in [-0.25, -0.2) is 13.7 Å². The van der Waals surface area contributed by atoms with Crippen LogP contribution in [-0.4, -0.2) is 51.6 Å². The van der Waals surface area contributed by atoms with Crippen molar-refractivity contribution >= 4 is 28.9 Å². The van der Waals surface area contributed by atoms with Crippen molar-refractivity contribution in [3.8, 4) is 28.0 Å². The van der Waals surface area contributed by atoms with Crippen molar-refractivity contribution in [2.75, 3.05) is 43.1 Å². The Bertz CT molecular complexity index is 1090. The maximum atomic E-state index is 15.2. The van der Waals surface area contributed by atoms with E-state index in [1.807, 2.05) is 30.3 Å². The number of rotatable bonds is 4. The normalized spacial score (nSPS) is 17.0. The van der Waals surface area contributed by atoms with Gasteiger partial charge in [-0.2, -0.15) is 0 Å². The molecule has 0 spiro atoms. The molecule has 1 aromatic heterocycles. The molecule has 1 fully saturated rings. The van der Waals surface area contributed by atoms with Crippen molar-refractivity contribution in [1.82, 2.24) is 9.29 Å². The molecule has 5 rings (SSSR count). The van der Waals surface area contributed by atoms with E-state index in [9.17, 15) is 4.55 Å². The van der Waals surface area contributed by atoms with Crippen LogP contribution in [0.2, 0.25) is 0 Å². The Kier molecular flexibility index (Phi) is 6.04. The predicted molar refractivity (Wildman–Crippen MR) is 124 cm³/mol. The highest BCUT2D eigenvalue weighted by Gasteiger charge is 2.21. The highest BCUT2D eigenvalue weighted by molar-refractivity contribution is 7.97. The summed E-state index contributed by atoms with van der Waals surface area (Å²) < 4.78 is 34.7. The number of pyridine rings is 1. The molecule has 160 valence electrons. The van der Waals surface area contributed by atoms with Crippen LogP contribution in [-0.2, 0) is 11.2 Å². The van der Waals surface area contributed by atoms with Crippen LogP contribution in [0.25, 0.3) is 22.3 Å². The van der Waals surface area contributed by atoms with Crippen molar-refractivity contribution in [3.63, 3.8) is 0 Å². The number of nitrogens with zero attached hydrogens (tertiary/aromatic N) is 2. The molecule has 0 bridgehead atoms. The number of anilines is 1. The zero-order chi connectivity index (χ0) is 21.2. The van der Waals surface area contributed by atoms with Crippen LogP contribution in [0.1, 0.15) is 0 Å². The molecule has 1 saturated heterocycles. The standard InChI is InChI=1S/C23H22FN3O2S2/c24-20-13-16(5-6-18(20)17-14-21-23(26-15-17)25-7-10-29-21)19-3-1-2-4-22(19)30-27-8-11-31(28)12-9-27/h1-6,13-15H,7-12H2,(H,25,26). The van der Waals surface area contributed by atoms with Crippen LogP contribution in [0.15, 0.2) is 59.6 Å². The molecule has 0 aliphatic carbocycles. The smallest absolute Gasteiger partial charge is 0.168 e. The fourth-order valence-electron chi connectivity index (χ4n) is 3.72. The first-order valence-electron chi connectivity index (χ1n) is 10.2. The second-order valence-corrected chi connectivity index (χ2v) is 10.2. The molecule has 0 amide bonds. The zero-order valence-electron chi connectivity index (χ0n) is 16.8. The van der Waals surface area contributed by atoms with Gasteiger partial charge in [-0.3, -0.25) is 0 Å². The Morgan fingerprint density at radius 1 is 1.06 bits per heavy atom. The number of hydrogen-bond acceptors (Lipinski definition) is 6. The summed E-state index contributed by atoms with van der Waals surface area (Å²) in [5, 5.41) is 3.18. The largest absolute Gasteiger partial charge is 0.616 e. The third-order valence-electron chi connectivity index (χ3n) is 5.35. The number of aromatic nitrogens is 1. The van der Waals surface area contributed by atoms with Crippen molar-refractivity contribution < 1.29 is 13.7 Å². The van der Waals surface area contributed by atoms with Gasteiger partial charge in [-0.15, -0.1) is 0 Å². The summed E-state index contributed by atoms with van der Waals surface area (Å²) in [5.74, 6) is 2.45.